The van der Waals surface area contributed by atoms with Gasteiger partial charge < -0.3 is 9.84 Å². The Balaban J connectivity index is 2.03. The second kappa shape index (κ2) is 4.08. The minimum Gasteiger partial charge on any atom is -0.396 e. The normalized spacial score (nSPS) is 42.0. The van der Waals surface area contributed by atoms with Gasteiger partial charge in [-0.2, -0.15) is 0 Å². The number of fused-ring (bicyclic) bond motifs is 1. The summed E-state index contributed by atoms with van der Waals surface area (Å²) in [7, 11) is 0. The fourth-order valence-corrected chi connectivity index (χ4v) is 4.79. The van der Waals surface area contributed by atoms with E-state index in [2.05, 4.69) is 20.8 Å². The van der Waals surface area contributed by atoms with E-state index in [4.69, 9.17) is 4.74 Å². The Labute approximate surface area is 110 Å². The molecule has 102 valence electrons. The molecule has 1 saturated carbocycles. The number of aliphatic hydroxyl groups is 1. The van der Waals surface area contributed by atoms with Crippen LogP contribution in [0.15, 0.2) is 11.1 Å². The summed E-state index contributed by atoms with van der Waals surface area (Å²) in [5.74, 6) is 1.40. The van der Waals surface area contributed by atoms with Gasteiger partial charge in [-0.25, -0.2) is 0 Å². The Morgan fingerprint density at radius 2 is 1.94 bits per heavy atom. The molecule has 0 aromatic heterocycles. The lowest BCUT2D eigenvalue weighted by molar-refractivity contribution is -0.0993. The van der Waals surface area contributed by atoms with Crippen molar-refractivity contribution in [1.82, 2.24) is 0 Å². The lowest BCUT2D eigenvalue weighted by atomic mass is 9.62. The molecule has 1 aliphatic heterocycles. The van der Waals surface area contributed by atoms with Crippen LogP contribution in [-0.2, 0) is 4.74 Å². The SMILES string of the molecule is CC1=C(CCO)C23CC(CCC2CC1)C(C)(C)O3. The molecule has 1 N–H and O–H groups in total. The fourth-order valence-electron chi connectivity index (χ4n) is 4.79. The van der Waals surface area contributed by atoms with Crippen LogP contribution in [0.5, 0.6) is 0 Å². The van der Waals surface area contributed by atoms with Gasteiger partial charge in [-0.15, -0.1) is 0 Å². The lowest BCUT2D eigenvalue weighted by Gasteiger charge is -2.46. The first kappa shape index (κ1) is 12.7. The third kappa shape index (κ3) is 1.61. The Hall–Kier alpha value is -0.340. The van der Waals surface area contributed by atoms with E-state index in [0.29, 0.717) is 11.8 Å². The summed E-state index contributed by atoms with van der Waals surface area (Å²) >= 11 is 0. The van der Waals surface area contributed by atoms with Crippen molar-refractivity contribution >= 4 is 0 Å². The average Bonchev–Trinajstić information content (AvgIpc) is 2.52. The third-order valence-electron chi connectivity index (χ3n) is 5.76. The smallest absolute Gasteiger partial charge is 0.0934 e. The number of ether oxygens (including phenoxy) is 1. The zero-order valence-electron chi connectivity index (χ0n) is 12.0. The highest BCUT2D eigenvalue weighted by atomic mass is 16.5. The molecule has 3 aliphatic rings. The summed E-state index contributed by atoms with van der Waals surface area (Å²) in [5, 5.41) is 9.39. The van der Waals surface area contributed by atoms with Crippen LogP contribution in [-0.4, -0.2) is 22.9 Å². The second-order valence-corrected chi connectivity index (χ2v) is 7.04. The van der Waals surface area contributed by atoms with Crippen LogP contribution in [0.3, 0.4) is 0 Å². The number of aliphatic hydroxyl groups excluding tert-OH is 1. The lowest BCUT2D eigenvalue weighted by Crippen LogP contribution is -2.45. The molecule has 0 amide bonds. The predicted molar refractivity (Wildman–Crippen MR) is 72.4 cm³/mol. The monoisotopic (exact) mass is 250 g/mol. The summed E-state index contributed by atoms with van der Waals surface area (Å²) in [4.78, 5) is 0. The Morgan fingerprint density at radius 3 is 2.67 bits per heavy atom. The first-order valence-electron chi connectivity index (χ1n) is 7.50. The summed E-state index contributed by atoms with van der Waals surface area (Å²) in [5.41, 5.74) is 2.93. The van der Waals surface area contributed by atoms with Crippen molar-refractivity contribution < 1.29 is 9.84 Å². The van der Waals surface area contributed by atoms with Gasteiger partial charge in [-0.1, -0.05) is 5.57 Å². The Bertz CT molecular complexity index is 383. The molecule has 1 saturated heterocycles. The molecular weight excluding hydrogens is 224 g/mol. The zero-order chi connectivity index (χ0) is 13.0. The second-order valence-electron chi connectivity index (χ2n) is 7.04. The zero-order valence-corrected chi connectivity index (χ0v) is 12.0. The van der Waals surface area contributed by atoms with Gasteiger partial charge in [0.25, 0.3) is 0 Å². The molecule has 2 nitrogen and oxygen atoms in total. The molecule has 1 heterocycles. The molecule has 2 fully saturated rings. The molecule has 1 spiro atoms. The van der Waals surface area contributed by atoms with Gasteiger partial charge in [0.15, 0.2) is 0 Å². The first-order valence-corrected chi connectivity index (χ1v) is 7.50. The summed E-state index contributed by atoms with van der Waals surface area (Å²) in [6.45, 7) is 7.02. The maximum atomic E-state index is 9.39. The minimum atomic E-state index is -0.0164. The van der Waals surface area contributed by atoms with Crippen LogP contribution >= 0.6 is 0 Å². The molecule has 18 heavy (non-hydrogen) atoms. The molecule has 2 aliphatic carbocycles. The van der Waals surface area contributed by atoms with Gasteiger partial charge in [0.05, 0.1) is 11.2 Å². The van der Waals surface area contributed by atoms with E-state index in [1.807, 2.05) is 0 Å². The maximum absolute atomic E-state index is 9.39. The molecule has 0 aromatic carbocycles. The number of hydrogen-bond donors (Lipinski definition) is 1. The third-order valence-corrected chi connectivity index (χ3v) is 5.76. The molecular formula is C16H26O2. The highest BCUT2D eigenvalue weighted by molar-refractivity contribution is 5.32. The van der Waals surface area contributed by atoms with E-state index in [-0.39, 0.29) is 17.8 Å². The van der Waals surface area contributed by atoms with Crippen molar-refractivity contribution in [3.63, 3.8) is 0 Å². The summed E-state index contributed by atoms with van der Waals surface area (Å²) in [6.07, 6.45) is 7.13. The highest BCUT2D eigenvalue weighted by Gasteiger charge is 2.59. The van der Waals surface area contributed by atoms with E-state index in [1.165, 1.54) is 43.3 Å². The van der Waals surface area contributed by atoms with E-state index < -0.39 is 0 Å². The first-order chi connectivity index (χ1) is 8.49. The van der Waals surface area contributed by atoms with Crippen LogP contribution < -0.4 is 0 Å². The predicted octanol–water partition coefficient (Wildman–Crippen LogP) is 3.44. The molecule has 3 unspecified atom stereocenters. The fraction of sp³-hybridized carbons (Fsp3) is 0.875. The quantitative estimate of drug-likeness (QED) is 0.761. The highest BCUT2D eigenvalue weighted by Crippen LogP contribution is 2.60. The minimum absolute atomic E-state index is 0.0164. The maximum Gasteiger partial charge on any atom is 0.0934 e. The van der Waals surface area contributed by atoms with E-state index in [9.17, 15) is 5.11 Å². The molecule has 3 atom stereocenters. The summed E-state index contributed by atoms with van der Waals surface area (Å²) in [6, 6.07) is 0. The van der Waals surface area contributed by atoms with Crippen LogP contribution in [0.1, 0.15) is 59.3 Å². The van der Waals surface area contributed by atoms with Crippen molar-refractivity contribution in [3.8, 4) is 0 Å². The van der Waals surface area contributed by atoms with Gasteiger partial charge >= 0.3 is 0 Å². The molecule has 2 bridgehead atoms. The van der Waals surface area contributed by atoms with Crippen LogP contribution in [0.2, 0.25) is 0 Å². The largest absolute Gasteiger partial charge is 0.396 e. The van der Waals surface area contributed by atoms with E-state index in [0.717, 1.165) is 6.42 Å². The van der Waals surface area contributed by atoms with Gasteiger partial charge in [0, 0.05) is 6.61 Å². The molecule has 0 radical (unpaired) electrons. The Morgan fingerprint density at radius 1 is 1.22 bits per heavy atom. The summed E-state index contributed by atoms with van der Waals surface area (Å²) < 4.78 is 6.63. The van der Waals surface area contributed by atoms with Crippen molar-refractivity contribution in [1.29, 1.82) is 0 Å². The van der Waals surface area contributed by atoms with Crippen molar-refractivity contribution in [2.24, 2.45) is 11.8 Å². The number of allylic oxidation sites excluding steroid dienone is 1. The van der Waals surface area contributed by atoms with Crippen molar-refractivity contribution in [2.75, 3.05) is 6.61 Å². The van der Waals surface area contributed by atoms with Gasteiger partial charge in [-0.3, -0.25) is 0 Å². The molecule has 2 heteroatoms. The van der Waals surface area contributed by atoms with Crippen molar-refractivity contribution in [2.45, 2.75) is 70.5 Å². The number of hydrogen-bond acceptors (Lipinski definition) is 2. The standard InChI is InChI=1S/C16H26O2/c1-11-4-5-12-6-7-13-10-16(12,14(11)8-9-17)18-15(13,2)3/h12-13,17H,4-10H2,1-3H3. The van der Waals surface area contributed by atoms with Gasteiger partial charge in [0.1, 0.15) is 0 Å². The average molecular weight is 250 g/mol. The topological polar surface area (TPSA) is 29.5 Å². The molecule has 0 aromatic rings. The molecule has 3 rings (SSSR count). The Kier molecular flexibility index (Phi) is 2.87. The van der Waals surface area contributed by atoms with Crippen LogP contribution in [0.4, 0.5) is 0 Å². The van der Waals surface area contributed by atoms with Gasteiger partial charge in [0.2, 0.25) is 0 Å². The van der Waals surface area contributed by atoms with E-state index in [1.54, 1.807) is 0 Å². The number of rotatable bonds is 2. The van der Waals surface area contributed by atoms with Gasteiger partial charge in [-0.05, 0) is 76.7 Å². The van der Waals surface area contributed by atoms with Crippen LogP contribution in [0.25, 0.3) is 0 Å². The van der Waals surface area contributed by atoms with E-state index >= 15 is 0 Å². The van der Waals surface area contributed by atoms with Crippen molar-refractivity contribution in [3.05, 3.63) is 11.1 Å². The van der Waals surface area contributed by atoms with Crippen LogP contribution in [0, 0.1) is 11.8 Å².